The molecule has 4 aliphatic rings. The lowest BCUT2D eigenvalue weighted by molar-refractivity contribution is 0.227. The average Bonchev–Trinajstić information content (AvgIpc) is 3.67. The lowest BCUT2D eigenvalue weighted by Crippen LogP contribution is -2.29. The van der Waals surface area contributed by atoms with E-state index in [0.717, 1.165) is 35.4 Å². The van der Waals surface area contributed by atoms with Gasteiger partial charge in [-0.2, -0.15) is 0 Å². The molecule has 0 radical (unpaired) electrons. The summed E-state index contributed by atoms with van der Waals surface area (Å²) in [6.07, 6.45) is 12.7. The summed E-state index contributed by atoms with van der Waals surface area (Å²) in [5, 5.41) is 10.2. The molecule has 0 spiro atoms. The van der Waals surface area contributed by atoms with Crippen molar-refractivity contribution in [3.05, 3.63) is 88.3 Å². The molecule has 1 unspecified atom stereocenters. The molecule has 0 amide bonds. The van der Waals surface area contributed by atoms with Crippen LogP contribution in [0.25, 0.3) is 38.7 Å². The predicted molar refractivity (Wildman–Crippen MR) is 162 cm³/mol. The van der Waals surface area contributed by atoms with Gasteiger partial charge in [0.05, 0.1) is 5.04 Å². The number of aromatic nitrogens is 2. The predicted octanol–water partition coefficient (Wildman–Crippen LogP) is 8.59. The number of aliphatic imine (C=N–C) groups is 1. The summed E-state index contributed by atoms with van der Waals surface area (Å²) in [7, 11) is 0. The van der Waals surface area contributed by atoms with Crippen molar-refractivity contribution in [1.82, 2.24) is 9.59 Å². The SMILES string of the molecule is C1=CC2=C(CC1)C(C1CCC1)Cc1c2ccc2c(C3=NCCS3)c(-c3ccc(-c4csnn4)cc3)ccc12. The quantitative estimate of drug-likeness (QED) is 0.265. The van der Waals surface area contributed by atoms with Crippen molar-refractivity contribution < 1.29 is 0 Å². The second-order valence-corrected chi connectivity index (χ2v) is 12.7. The van der Waals surface area contributed by atoms with Crippen LogP contribution in [-0.4, -0.2) is 26.9 Å². The monoisotopic (exact) mass is 531 g/mol. The van der Waals surface area contributed by atoms with Gasteiger partial charge in [0.25, 0.3) is 0 Å². The summed E-state index contributed by atoms with van der Waals surface area (Å²) in [6, 6.07) is 18.4. The normalized spacial score (nSPS) is 20.8. The van der Waals surface area contributed by atoms with Crippen LogP contribution in [0.2, 0.25) is 0 Å². The second-order valence-electron chi connectivity index (χ2n) is 11.0. The largest absolute Gasteiger partial charge is 0.277 e. The first-order chi connectivity index (χ1) is 18.8. The second kappa shape index (κ2) is 9.32. The van der Waals surface area contributed by atoms with Crippen LogP contribution in [0.1, 0.15) is 48.8 Å². The molecular weight excluding hydrogens is 503 g/mol. The van der Waals surface area contributed by atoms with Crippen LogP contribution in [0.3, 0.4) is 0 Å². The number of fused-ring (bicyclic) bond motifs is 4. The number of nitrogens with zero attached hydrogens (tertiary/aromatic N) is 3. The van der Waals surface area contributed by atoms with Crippen LogP contribution < -0.4 is 0 Å². The van der Waals surface area contributed by atoms with Crippen LogP contribution in [0.15, 0.2) is 76.6 Å². The van der Waals surface area contributed by atoms with Crippen LogP contribution in [0.4, 0.5) is 0 Å². The standard InChI is InChI=1S/C33H29N3S2/c1-2-7-25-24(6-1)26-14-15-28-27(30(26)18-29(25)20-4-3-5-20)13-12-23(32(28)33-34-16-17-37-33)21-8-10-22(11-9-21)31-19-38-36-35-31/h1,6,8-15,19-20,29H,2-5,7,16-18H2. The molecule has 1 aliphatic heterocycles. The molecule has 1 atom stereocenters. The van der Waals surface area contributed by atoms with Gasteiger partial charge in [-0.05, 0) is 94.1 Å². The van der Waals surface area contributed by atoms with Gasteiger partial charge in [-0.3, -0.25) is 4.99 Å². The highest BCUT2D eigenvalue weighted by molar-refractivity contribution is 8.14. The summed E-state index contributed by atoms with van der Waals surface area (Å²) in [5.41, 5.74) is 12.2. The summed E-state index contributed by atoms with van der Waals surface area (Å²) in [5.74, 6) is 2.65. The first-order valence-corrected chi connectivity index (χ1v) is 15.7. The smallest absolute Gasteiger partial charge is 0.105 e. The molecule has 5 heteroatoms. The van der Waals surface area contributed by atoms with E-state index in [1.54, 1.807) is 11.1 Å². The Kier molecular flexibility index (Phi) is 5.62. The minimum absolute atomic E-state index is 0.718. The molecule has 188 valence electrons. The van der Waals surface area contributed by atoms with E-state index >= 15 is 0 Å². The lowest BCUT2D eigenvalue weighted by Gasteiger charge is -2.41. The fourth-order valence-corrected chi connectivity index (χ4v) is 8.36. The van der Waals surface area contributed by atoms with Crippen molar-refractivity contribution in [3.63, 3.8) is 0 Å². The van der Waals surface area contributed by atoms with Gasteiger partial charge in [0.15, 0.2) is 0 Å². The van der Waals surface area contributed by atoms with Crippen molar-refractivity contribution in [3.8, 4) is 22.4 Å². The maximum absolute atomic E-state index is 4.99. The molecule has 4 aromatic rings. The Morgan fingerprint density at radius 3 is 2.47 bits per heavy atom. The van der Waals surface area contributed by atoms with E-state index in [9.17, 15) is 0 Å². The number of thioether (sulfide) groups is 1. The van der Waals surface area contributed by atoms with Crippen molar-refractivity contribution in [2.45, 2.75) is 38.5 Å². The minimum Gasteiger partial charge on any atom is -0.277 e. The number of allylic oxidation sites excluding steroid dienone is 4. The summed E-state index contributed by atoms with van der Waals surface area (Å²) in [4.78, 5) is 4.99. The third-order valence-electron chi connectivity index (χ3n) is 9.05. The van der Waals surface area contributed by atoms with Gasteiger partial charge in [0.2, 0.25) is 0 Å². The highest BCUT2D eigenvalue weighted by Crippen LogP contribution is 2.50. The Morgan fingerprint density at radius 2 is 1.71 bits per heavy atom. The lowest BCUT2D eigenvalue weighted by atomic mass is 9.64. The Hall–Kier alpha value is -3.02. The molecule has 3 nitrogen and oxygen atoms in total. The van der Waals surface area contributed by atoms with Crippen LogP contribution >= 0.6 is 23.3 Å². The molecule has 1 aromatic heterocycles. The van der Waals surface area contributed by atoms with E-state index in [1.165, 1.54) is 93.7 Å². The highest BCUT2D eigenvalue weighted by atomic mass is 32.2. The fraction of sp³-hybridized carbons (Fsp3) is 0.303. The van der Waals surface area contributed by atoms with Gasteiger partial charge in [-0.25, -0.2) is 0 Å². The summed E-state index contributed by atoms with van der Waals surface area (Å²) >= 11 is 3.30. The molecule has 3 aliphatic carbocycles. The topological polar surface area (TPSA) is 38.1 Å². The molecule has 0 saturated heterocycles. The third kappa shape index (κ3) is 3.66. The molecule has 8 rings (SSSR count). The van der Waals surface area contributed by atoms with E-state index in [-0.39, 0.29) is 0 Å². The maximum Gasteiger partial charge on any atom is 0.105 e. The number of hydrogen-bond acceptors (Lipinski definition) is 5. The molecule has 0 N–H and O–H groups in total. The Bertz CT molecular complexity index is 1640. The molecule has 38 heavy (non-hydrogen) atoms. The zero-order chi connectivity index (χ0) is 25.1. The maximum atomic E-state index is 4.99. The van der Waals surface area contributed by atoms with Crippen molar-refractivity contribution in [2.75, 3.05) is 12.3 Å². The van der Waals surface area contributed by atoms with E-state index in [0.29, 0.717) is 0 Å². The molecule has 1 fully saturated rings. The third-order valence-corrected chi connectivity index (χ3v) is 10.6. The van der Waals surface area contributed by atoms with E-state index in [4.69, 9.17) is 4.99 Å². The molecule has 1 saturated carbocycles. The van der Waals surface area contributed by atoms with Crippen molar-refractivity contribution in [2.24, 2.45) is 16.8 Å². The van der Waals surface area contributed by atoms with Gasteiger partial charge in [-0.15, -0.1) is 16.9 Å². The average molecular weight is 532 g/mol. The summed E-state index contributed by atoms with van der Waals surface area (Å²) in [6.45, 7) is 0.904. The minimum atomic E-state index is 0.718. The van der Waals surface area contributed by atoms with Gasteiger partial charge >= 0.3 is 0 Å². The zero-order valence-corrected chi connectivity index (χ0v) is 23.0. The van der Waals surface area contributed by atoms with Crippen LogP contribution in [-0.2, 0) is 6.42 Å². The summed E-state index contributed by atoms with van der Waals surface area (Å²) < 4.78 is 4.03. The van der Waals surface area contributed by atoms with Gasteiger partial charge in [-0.1, -0.05) is 77.2 Å². The van der Waals surface area contributed by atoms with Gasteiger partial charge in [0.1, 0.15) is 5.69 Å². The number of hydrogen-bond donors (Lipinski definition) is 0. The molecule has 2 heterocycles. The van der Waals surface area contributed by atoms with E-state index < -0.39 is 0 Å². The van der Waals surface area contributed by atoms with E-state index in [2.05, 4.69) is 70.3 Å². The number of rotatable bonds is 4. The van der Waals surface area contributed by atoms with Gasteiger partial charge < -0.3 is 0 Å². The molecular formula is C33H29N3S2. The Morgan fingerprint density at radius 1 is 0.868 bits per heavy atom. The van der Waals surface area contributed by atoms with Crippen LogP contribution in [0, 0.1) is 11.8 Å². The molecule has 3 aromatic carbocycles. The highest BCUT2D eigenvalue weighted by Gasteiger charge is 2.36. The first kappa shape index (κ1) is 22.9. The van der Waals surface area contributed by atoms with Crippen LogP contribution in [0.5, 0.6) is 0 Å². The molecule has 0 bridgehead atoms. The fourth-order valence-electron chi connectivity index (χ4n) is 6.97. The number of benzene rings is 3. The first-order valence-electron chi connectivity index (χ1n) is 13.9. The Labute approximate surface area is 232 Å². The van der Waals surface area contributed by atoms with Gasteiger partial charge in [0, 0.05) is 28.8 Å². The van der Waals surface area contributed by atoms with Crippen molar-refractivity contribution in [1.29, 1.82) is 0 Å². The zero-order valence-electron chi connectivity index (χ0n) is 21.3. The Balaban J connectivity index is 1.30. The van der Waals surface area contributed by atoms with E-state index in [1.807, 2.05) is 17.1 Å². The van der Waals surface area contributed by atoms with Crippen molar-refractivity contribution >= 4 is 44.7 Å².